The van der Waals surface area contributed by atoms with Gasteiger partial charge in [-0.15, -0.1) is 6.42 Å². The van der Waals surface area contributed by atoms with E-state index < -0.39 is 0 Å². The summed E-state index contributed by atoms with van der Waals surface area (Å²) in [6.07, 6.45) is 6.23. The van der Waals surface area contributed by atoms with Gasteiger partial charge in [0.25, 0.3) is 0 Å². The third kappa shape index (κ3) is 6.34. The van der Waals surface area contributed by atoms with E-state index in [4.69, 9.17) is 27.5 Å². The Labute approximate surface area is 159 Å². The van der Waals surface area contributed by atoms with Gasteiger partial charge in [0.05, 0.1) is 6.61 Å². The van der Waals surface area contributed by atoms with E-state index in [9.17, 15) is 4.79 Å². The van der Waals surface area contributed by atoms with E-state index >= 15 is 0 Å². The summed E-state index contributed by atoms with van der Waals surface area (Å²) in [6, 6.07) is 13.0. The average Bonchev–Trinajstić information content (AvgIpc) is 2.65. The summed E-state index contributed by atoms with van der Waals surface area (Å²) in [7, 11) is 0. The molecule has 0 bridgehead atoms. The van der Waals surface area contributed by atoms with Crippen molar-refractivity contribution >= 4 is 17.5 Å². The molecule has 0 spiro atoms. The summed E-state index contributed by atoms with van der Waals surface area (Å²) >= 11 is 5.85. The number of halogens is 1. The molecular formula is C21H22ClNO3. The Bertz CT molecular complexity index is 766. The van der Waals surface area contributed by atoms with Crippen molar-refractivity contribution in [2.24, 2.45) is 0 Å². The van der Waals surface area contributed by atoms with E-state index in [0.29, 0.717) is 42.5 Å². The molecule has 1 N–H and O–H groups in total. The Morgan fingerprint density at radius 3 is 2.54 bits per heavy atom. The number of benzene rings is 2. The second kappa shape index (κ2) is 10.4. The van der Waals surface area contributed by atoms with Gasteiger partial charge in [-0.1, -0.05) is 35.7 Å². The zero-order valence-electron chi connectivity index (χ0n) is 14.8. The van der Waals surface area contributed by atoms with Crippen molar-refractivity contribution in [3.8, 4) is 23.8 Å². The molecule has 2 aromatic rings. The van der Waals surface area contributed by atoms with Crippen molar-refractivity contribution in [3.63, 3.8) is 0 Å². The van der Waals surface area contributed by atoms with Gasteiger partial charge in [0, 0.05) is 18.0 Å². The quantitative estimate of drug-likeness (QED) is 0.678. The maximum atomic E-state index is 12.1. The van der Waals surface area contributed by atoms with Crippen LogP contribution in [0.4, 0.5) is 0 Å². The lowest BCUT2D eigenvalue weighted by molar-refractivity contribution is -0.121. The van der Waals surface area contributed by atoms with Crippen molar-refractivity contribution in [1.29, 1.82) is 0 Å². The molecule has 2 rings (SSSR count). The highest BCUT2D eigenvalue weighted by Crippen LogP contribution is 2.29. The van der Waals surface area contributed by atoms with Crippen LogP contribution in [0.5, 0.6) is 11.5 Å². The lowest BCUT2D eigenvalue weighted by atomic mass is 10.1. The molecule has 0 unspecified atom stereocenters. The molecule has 26 heavy (non-hydrogen) atoms. The average molecular weight is 372 g/mol. The normalized spacial score (nSPS) is 10.0. The van der Waals surface area contributed by atoms with Crippen molar-refractivity contribution in [3.05, 3.63) is 58.6 Å². The van der Waals surface area contributed by atoms with E-state index in [1.165, 1.54) is 0 Å². The number of rotatable bonds is 9. The SMILES string of the molecule is C#CCOc1ccc(CCC(=O)NCc2ccc(Cl)cc2)cc1OCC. The second-order valence-electron chi connectivity index (χ2n) is 5.61. The van der Waals surface area contributed by atoms with Crippen LogP contribution in [0, 0.1) is 12.3 Å². The molecule has 4 nitrogen and oxygen atoms in total. The Kier molecular flexibility index (Phi) is 7.85. The van der Waals surface area contributed by atoms with Crippen molar-refractivity contribution in [1.82, 2.24) is 5.32 Å². The summed E-state index contributed by atoms with van der Waals surface area (Å²) in [6.45, 7) is 3.10. The number of carbonyl (C=O) groups is 1. The summed E-state index contributed by atoms with van der Waals surface area (Å²) in [4.78, 5) is 12.1. The molecule has 0 aliphatic heterocycles. The fourth-order valence-corrected chi connectivity index (χ4v) is 2.49. The van der Waals surface area contributed by atoms with Crippen LogP contribution in [-0.2, 0) is 17.8 Å². The molecule has 0 aromatic heterocycles. The Morgan fingerprint density at radius 1 is 1.12 bits per heavy atom. The molecule has 0 atom stereocenters. The zero-order valence-corrected chi connectivity index (χ0v) is 15.5. The third-order valence-electron chi connectivity index (χ3n) is 3.66. The summed E-state index contributed by atoms with van der Waals surface area (Å²) < 4.78 is 11.1. The van der Waals surface area contributed by atoms with E-state index in [2.05, 4.69) is 11.2 Å². The van der Waals surface area contributed by atoms with Gasteiger partial charge in [0.2, 0.25) is 5.91 Å². The third-order valence-corrected chi connectivity index (χ3v) is 3.91. The van der Waals surface area contributed by atoms with Crippen molar-refractivity contribution < 1.29 is 14.3 Å². The summed E-state index contributed by atoms with van der Waals surface area (Å²) in [5.41, 5.74) is 2.01. The molecule has 2 aromatic carbocycles. The molecule has 136 valence electrons. The van der Waals surface area contributed by atoms with Gasteiger partial charge in [-0.25, -0.2) is 0 Å². The number of hydrogen-bond acceptors (Lipinski definition) is 3. The fraction of sp³-hybridized carbons (Fsp3) is 0.286. The molecule has 5 heteroatoms. The molecule has 1 amide bonds. The van der Waals surface area contributed by atoms with E-state index in [0.717, 1.165) is 11.1 Å². The van der Waals surface area contributed by atoms with Gasteiger partial charge < -0.3 is 14.8 Å². The second-order valence-corrected chi connectivity index (χ2v) is 6.05. The number of aryl methyl sites for hydroxylation is 1. The van der Waals surface area contributed by atoms with Crippen LogP contribution in [0.15, 0.2) is 42.5 Å². The number of ether oxygens (including phenoxy) is 2. The highest BCUT2D eigenvalue weighted by Gasteiger charge is 2.08. The van der Waals surface area contributed by atoms with Gasteiger partial charge in [-0.2, -0.15) is 0 Å². The molecule has 0 fully saturated rings. The van der Waals surface area contributed by atoms with Gasteiger partial charge >= 0.3 is 0 Å². The molecule has 0 saturated heterocycles. The first-order chi connectivity index (χ1) is 12.6. The van der Waals surface area contributed by atoms with Crippen LogP contribution in [0.3, 0.4) is 0 Å². The highest BCUT2D eigenvalue weighted by atomic mass is 35.5. The van der Waals surface area contributed by atoms with Crippen LogP contribution in [0.1, 0.15) is 24.5 Å². The summed E-state index contributed by atoms with van der Waals surface area (Å²) in [5.74, 6) is 3.68. The molecular weight excluding hydrogens is 350 g/mol. The lowest BCUT2D eigenvalue weighted by Gasteiger charge is -2.12. The minimum absolute atomic E-state index is 0.00873. The molecule has 0 aliphatic rings. The van der Waals surface area contributed by atoms with Crippen LogP contribution in [0.25, 0.3) is 0 Å². The monoisotopic (exact) mass is 371 g/mol. The van der Waals surface area contributed by atoms with Crippen LogP contribution in [-0.4, -0.2) is 19.1 Å². The maximum absolute atomic E-state index is 12.1. The first kappa shape index (κ1) is 19.7. The highest BCUT2D eigenvalue weighted by molar-refractivity contribution is 6.30. The Balaban J connectivity index is 1.87. The van der Waals surface area contributed by atoms with Crippen molar-refractivity contribution in [2.45, 2.75) is 26.3 Å². The van der Waals surface area contributed by atoms with Gasteiger partial charge in [0.15, 0.2) is 11.5 Å². The number of amides is 1. The first-order valence-electron chi connectivity index (χ1n) is 8.45. The summed E-state index contributed by atoms with van der Waals surface area (Å²) in [5, 5.41) is 3.59. The number of nitrogens with one attached hydrogen (secondary N) is 1. The van der Waals surface area contributed by atoms with Gasteiger partial charge in [-0.3, -0.25) is 4.79 Å². The number of carbonyl (C=O) groups excluding carboxylic acids is 1. The van der Waals surface area contributed by atoms with Crippen molar-refractivity contribution in [2.75, 3.05) is 13.2 Å². The minimum atomic E-state index is -0.00873. The molecule has 0 heterocycles. The van der Waals surface area contributed by atoms with Gasteiger partial charge in [-0.05, 0) is 48.7 Å². The fourth-order valence-electron chi connectivity index (χ4n) is 2.36. The van der Waals surface area contributed by atoms with Crippen LogP contribution >= 0.6 is 11.6 Å². The van der Waals surface area contributed by atoms with E-state index in [1.807, 2.05) is 49.4 Å². The van der Waals surface area contributed by atoms with Gasteiger partial charge in [0.1, 0.15) is 6.61 Å². The van der Waals surface area contributed by atoms with E-state index in [1.54, 1.807) is 0 Å². The smallest absolute Gasteiger partial charge is 0.220 e. The Morgan fingerprint density at radius 2 is 1.85 bits per heavy atom. The molecule has 0 aliphatic carbocycles. The largest absolute Gasteiger partial charge is 0.490 e. The molecule has 0 radical (unpaired) electrons. The Hall–Kier alpha value is -2.64. The minimum Gasteiger partial charge on any atom is -0.490 e. The predicted octanol–water partition coefficient (Wildman–Crippen LogP) is 4.00. The predicted molar refractivity (Wildman–Crippen MR) is 104 cm³/mol. The molecule has 0 saturated carbocycles. The number of terminal acetylenes is 1. The van der Waals surface area contributed by atoms with Crippen LogP contribution < -0.4 is 14.8 Å². The standard InChI is InChI=1S/C21H22ClNO3/c1-3-13-26-19-11-7-16(14-20(19)25-4-2)8-12-21(24)23-15-17-5-9-18(22)10-6-17/h1,5-7,9-11,14H,4,8,12-13,15H2,2H3,(H,23,24). The topological polar surface area (TPSA) is 47.6 Å². The maximum Gasteiger partial charge on any atom is 0.220 e. The zero-order chi connectivity index (χ0) is 18.8. The lowest BCUT2D eigenvalue weighted by Crippen LogP contribution is -2.22. The van der Waals surface area contributed by atoms with Crippen LogP contribution in [0.2, 0.25) is 5.02 Å². The first-order valence-corrected chi connectivity index (χ1v) is 8.83. The van der Waals surface area contributed by atoms with E-state index in [-0.39, 0.29) is 12.5 Å². The number of hydrogen-bond donors (Lipinski definition) is 1.